The fraction of sp³-hybridized carbons (Fsp3) is 0.350. The summed E-state index contributed by atoms with van der Waals surface area (Å²) in [6.07, 6.45) is 0. The SMILES string of the molecule is Cc1ccc(CNC(=O)CN2CCN(S(=O)(=O)c3c(F)cccc3F)CC2)cc1. The zero-order valence-corrected chi connectivity index (χ0v) is 16.9. The van der Waals surface area contributed by atoms with Gasteiger partial charge in [0, 0.05) is 32.7 Å². The van der Waals surface area contributed by atoms with E-state index in [0.717, 1.165) is 33.6 Å². The largest absolute Gasteiger partial charge is 0.351 e. The second kappa shape index (κ2) is 8.98. The van der Waals surface area contributed by atoms with Crippen molar-refractivity contribution >= 4 is 15.9 Å². The number of amides is 1. The molecule has 6 nitrogen and oxygen atoms in total. The van der Waals surface area contributed by atoms with Crippen molar-refractivity contribution in [2.24, 2.45) is 0 Å². The van der Waals surface area contributed by atoms with Crippen molar-refractivity contribution in [2.45, 2.75) is 18.4 Å². The van der Waals surface area contributed by atoms with Crippen LogP contribution in [0.2, 0.25) is 0 Å². The molecule has 0 unspecified atom stereocenters. The minimum Gasteiger partial charge on any atom is -0.351 e. The molecule has 2 aromatic rings. The molecular weight excluding hydrogens is 400 g/mol. The number of hydrogen-bond acceptors (Lipinski definition) is 4. The van der Waals surface area contributed by atoms with Crippen molar-refractivity contribution in [1.82, 2.24) is 14.5 Å². The van der Waals surface area contributed by atoms with Crippen LogP contribution in [0.3, 0.4) is 0 Å². The summed E-state index contributed by atoms with van der Waals surface area (Å²) in [5.74, 6) is -2.38. The van der Waals surface area contributed by atoms with Crippen LogP contribution in [0.4, 0.5) is 8.78 Å². The monoisotopic (exact) mass is 423 g/mol. The van der Waals surface area contributed by atoms with Gasteiger partial charge in [0.05, 0.1) is 6.54 Å². The topological polar surface area (TPSA) is 69.7 Å². The first-order valence-corrected chi connectivity index (χ1v) is 10.7. The first-order valence-electron chi connectivity index (χ1n) is 9.26. The molecule has 0 bridgehead atoms. The number of carbonyl (C=O) groups is 1. The van der Waals surface area contributed by atoms with Crippen LogP contribution in [-0.2, 0) is 21.4 Å². The smallest absolute Gasteiger partial charge is 0.249 e. The Morgan fingerprint density at radius 2 is 1.59 bits per heavy atom. The van der Waals surface area contributed by atoms with Crippen LogP contribution in [0.15, 0.2) is 47.4 Å². The first kappa shape index (κ1) is 21.4. The maximum absolute atomic E-state index is 13.9. The predicted octanol–water partition coefficient (Wildman–Crippen LogP) is 1.90. The summed E-state index contributed by atoms with van der Waals surface area (Å²) >= 11 is 0. The Hall–Kier alpha value is -2.36. The molecule has 1 amide bonds. The summed E-state index contributed by atoms with van der Waals surface area (Å²) in [6.45, 7) is 3.25. The third-order valence-electron chi connectivity index (χ3n) is 4.83. The van der Waals surface area contributed by atoms with Gasteiger partial charge in [-0.05, 0) is 24.6 Å². The van der Waals surface area contributed by atoms with Crippen LogP contribution in [0.5, 0.6) is 0 Å². The van der Waals surface area contributed by atoms with E-state index in [9.17, 15) is 22.0 Å². The lowest BCUT2D eigenvalue weighted by atomic mass is 10.1. The van der Waals surface area contributed by atoms with Gasteiger partial charge in [-0.2, -0.15) is 4.31 Å². The number of carbonyl (C=O) groups excluding carboxylic acids is 1. The molecule has 0 aliphatic carbocycles. The lowest BCUT2D eigenvalue weighted by molar-refractivity contribution is -0.122. The minimum absolute atomic E-state index is 0.0569. The summed E-state index contributed by atoms with van der Waals surface area (Å²) in [4.78, 5) is 13.0. The molecule has 29 heavy (non-hydrogen) atoms. The van der Waals surface area contributed by atoms with Crippen molar-refractivity contribution < 1.29 is 22.0 Å². The molecule has 0 atom stereocenters. The average Bonchev–Trinajstić information content (AvgIpc) is 2.68. The molecular formula is C20H23F2N3O3S. The number of piperazine rings is 1. The number of aryl methyl sites for hydroxylation is 1. The van der Waals surface area contributed by atoms with Gasteiger partial charge < -0.3 is 5.32 Å². The van der Waals surface area contributed by atoms with E-state index in [2.05, 4.69) is 5.32 Å². The first-order chi connectivity index (χ1) is 13.8. The molecule has 156 valence electrons. The number of halogens is 2. The molecule has 2 aromatic carbocycles. The molecule has 1 fully saturated rings. The lowest BCUT2D eigenvalue weighted by Crippen LogP contribution is -2.51. The van der Waals surface area contributed by atoms with Crippen LogP contribution < -0.4 is 5.32 Å². The Balaban J connectivity index is 1.52. The second-order valence-corrected chi connectivity index (χ2v) is 8.87. The Morgan fingerprint density at radius 1 is 1.00 bits per heavy atom. The van der Waals surface area contributed by atoms with E-state index < -0.39 is 26.6 Å². The van der Waals surface area contributed by atoms with Crippen molar-refractivity contribution in [3.05, 3.63) is 65.2 Å². The number of hydrogen-bond donors (Lipinski definition) is 1. The third kappa shape index (κ3) is 5.17. The second-order valence-electron chi connectivity index (χ2n) is 6.99. The van der Waals surface area contributed by atoms with Crippen molar-refractivity contribution in [3.63, 3.8) is 0 Å². The zero-order chi connectivity index (χ0) is 21.0. The van der Waals surface area contributed by atoms with E-state index >= 15 is 0 Å². The summed E-state index contributed by atoms with van der Waals surface area (Å²) < 4.78 is 54.0. The van der Waals surface area contributed by atoms with E-state index in [1.807, 2.05) is 36.1 Å². The van der Waals surface area contributed by atoms with Gasteiger partial charge in [-0.15, -0.1) is 0 Å². The van der Waals surface area contributed by atoms with Gasteiger partial charge >= 0.3 is 0 Å². The van der Waals surface area contributed by atoms with Gasteiger partial charge in [0.1, 0.15) is 11.6 Å². The number of benzene rings is 2. The average molecular weight is 423 g/mol. The Kier molecular flexibility index (Phi) is 6.61. The van der Waals surface area contributed by atoms with E-state index in [0.29, 0.717) is 19.6 Å². The molecule has 1 N–H and O–H groups in total. The van der Waals surface area contributed by atoms with E-state index in [1.165, 1.54) is 0 Å². The molecule has 1 aliphatic rings. The Bertz CT molecular complexity index is 953. The highest BCUT2D eigenvalue weighted by molar-refractivity contribution is 7.89. The van der Waals surface area contributed by atoms with Gasteiger partial charge in [0.15, 0.2) is 4.90 Å². The van der Waals surface area contributed by atoms with Gasteiger partial charge in [-0.3, -0.25) is 9.69 Å². The summed E-state index contributed by atoms with van der Waals surface area (Å²) in [6, 6.07) is 10.8. The molecule has 0 spiro atoms. The summed E-state index contributed by atoms with van der Waals surface area (Å²) in [7, 11) is -4.27. The molecule has 0 saturated carbocycles. The fourth-order valence-corrected chi connectivity index (χ4v) is 4.68. The number of nitrogens with one attached hydrogen (secondary N) is 1. The maximum Gasteiger partial charge on any atom is 0.249 e. The zero-order valence-electron chi connectivity index (χ0n) is 16.1. The number of sulfonamides is 1. The van der Waals surface area contributed by atoms with E-state index in [4.69, 9.17) is 0 Å². The Labute approximate surface area is 169 Å². The van der Waals surface area contributed by atoms with Gasteiger partial charge in [0.2, 0.25) is 15.9 Å². The minimum atomic E-state index is -4.27. The Morgan fingerprint density at radius 3 is 2.17 bits per heavy atom. The molecule has 0 aromatic heterocycles. The summed E-state index contributed by atoms with van der Waals surface area (Å²) in [5, 5.41) is 2.84. The highest BCUT2D eigenvalue weighted by Crippen LogP contribution is 2.23. The van der Waals surface area contributed by atoms with Gasteiger partial charge in [0.25, 0.3) is 0 Å². The molecule has 0 radical (unpaired) electrons. The highest BCUT2D eigenvalue weighted by Gasteiger charge is 2.33. The number of nitrogens with zero attached hydrogens (tertiary/aromatic N) is 2. The van der Waals surface area contributed by atoms with Crippen LogP contribution in [0.25, 0.3) is 0 Å². The number of rotatable bonds is 6. The molecule has 1 saturated heterocycles. The highest BCUT2D eigenvalue weighted by atomic mass is 32.2. The molecule has 1 aliphatic heterocycles. The third-order valence-corrected chi connectivity index (χ3v) is 6.78. The van der Waals surface area contributed by atoms with Crippen molar-refractivity contribution in [1.29, 1.82) is 0 Å². The van der Waals surface area contributed by atoms with Crippen LogP contribution in [0, 0.1) is 18.6 Å². The maximum atomic E-state index is 13.9. The molecule has 9 heteroatoms. The van der Waals surface area contributed by atoms with Gasteiger partial charge in [-0.25, -0.2) is 17.2 Å². The standard InChI is InChI=1S/C20H23F2N3O3S/c1-15-5-7-16(8-6-15)13-23-19(26)14-24-9-11-25(12-10-24)29(27,28)20-17(21)3-2-4-18(20)22/h2-8H,9-14H2,1H3,(H,23,26). The van der Waals surface area contributed by atoms with E-state index in [-0.39, 0.29) is 25.5 Å². The van der Waals surface area contributed by atoms with E-state index in [1.54, 1.807) is 0 Å². The van der Waals surface area contributed by atoms with Crippen LogP contribution in [0.1, 0.15) is 11.1 Å². The molecule has 3 rings (SSSR count). The van der Waals surface area contributed by atoms with Crippen LogP contribution in [-0.4, -0.2) is 56.3 Å². The van der Waals surface area contributed by atoms with Crippen molar-refractivity contribution in [2.75, 3.05) is 32.7 Å². The summed E-state index contributed by atoms with van der Waals surface area (Å²) in [5.41, 5.74) is 2.13. The van der Waals surface area contributed by atoms with Gasteiger partial charge in [-0.1, -0.05) is 35.9 Å². The normalized spacial score (nSPS) is 16.0. The van der Waals surface area contributed by atoms with Crippen molar-refractivity contribution in [3.8, 4) is 0 Å². The molecule has 1 heterocycles. The fourth-order valence-electron chi connectivity index (χ4n) is 3.15. The quantitative estimate of drug-likeness (QED) is 0.771. The predicted molar refractivity (Wildman–Crippen MR) is 105 cm³/mol. The lowest BCUT2D eigenvalue weighted by Gasteiger charge is -2.33. The van der Waals surface area contributed by atoms with Crippen LogP contribution >= 0.6 is 0 Å².